The number of aryl methyl sites for hydroxylation is 1. The predicted octanol–water partition coefficient (Wildman–Crippen LogP) is 3.31. The Kier molecular flexibility index (Phi) is 4.12. The minimum absolute atomic E-state index is 0.0547. The smallest absolute Gasteiger partial charge is 0.130 e. The standard InChI is InChI=1S/C15H15F2NO/c1-10-2-5-13(7-14(10)16)19-9-12-4-3-11(8-18)6-15(12)17/h2-7H,8-9,18H2,1H3. The minimum Gasteiger partial charge on any atom is -0.489 e. The molecule has 0 atom stereocenters. The van der Waals surface area contributed by atoms with E-state index in [4.69, 9.17) is 10.5 Å². The average Bonchev–Trinajstić information content (AvgIpc) is 2.41. The molecule has 2 aromatic rings. The highest BCUT2D eigenvalue weighted by Crippen LogP contribution is 2.18. The van der Waals surface area contributed by atoms with Crippen molar-refractivity contribution in [3.8, 4) is 5.75 Å². The van der Waals surface area contributed by atoms with Crippen LogP contribution in [0.15, 0.2) is 36.4 Å². The van der Waals surface area contributed by atoms with Crippen LogP contribution in [0.2, 0.25) is 0 Å². The maximum absolute atomic E-state index is 13.7. The molecule has 2 N–H and O–H groups in total. The molecule has 0 radical (unpaired) electrons. The average molecular weight is 263 g/mol. The van der Waals surface area contributed by atoms with Gasteiger partial charge in [0.1, 0.15) is 24.0 Å². The van der Waals surface area contributed by atoms with Gasteiger partial charge < -0.3 is 10.5 Å². The Morgan fingerprint density at radius 2 is 1.84 bits per heavy atom. The normalized spacial score (nSPS) is 10.5. The Bertz CT molecular complexity index is 584. The molecule has 4 heteroatoms. The molecule has 0 bridgehead atoms. The van der Waals surface area contributed by atoms with Crippen LogP contribution >= 0.6 is 0 Å². The molecular formula is C15H15F2NO. The molecule has 0 aromatic heterocycles. The van der Waals surface area contributed by atoms with Crippen LogP contribution in [0.5, 0.6) is 5.75 Å². The van der Waals surface area contributed by atoms with Crippen LogP contribution in [-0.4, -0.2) is 0 Å². The van der Waals surface area contributed by atoms with E-state index in [0.29, 0.717) is 23.4 Å². The zero-order valence-electron chi connectivity index (χ0n) is 10.6. The Hall–Kier alpha value is -1.94. The number of hydrogen-bond donors (Lipinski definition) is 1. The van der Waals surface area contributed by atoms with E-state index in [2.05, 4.69) is 0 Å². The van der Waals surface area contributed by atoms with E-state index in [-0.39, 0.29) is 18.2 Å². The predicted molar refractivity (Wildman–Crippen MR) is 69.8 cm³/mol. The third kappa shape index (κ3) is 3.29. The molecule has 2 rings (SSSR count). The zero-order valence-corrected chi connectivity index (χ0v) is 10.6. The fraction of sp³-hybridized carbons (Fsp3) is 0.200. The lowest BCUT2D eigenvalue weighted by atomic mass is 10.1. The fourth-order valence-corrected chi connectivity index (χ4v) is 1.66. The summed E-state index contributed by atoms with van der Waals surface area (Å²) >= 11 is 0. The quantitative estimate of drug-likeness (QED) is 0.918. The van der Waals surface area contributed by atoms with Crippen molar-refractivity contribution in [1.29, 1.82) is 0 Å². The van der Waals surface area contributed by atoms with Crippen molar-refractivity contribution in [2.24, 2.45) is 5.73 Å². The third-order valence-corrected chi connectivity index (χ3v) is 2.89. The van der Waals surface area contributed by atoms with Crippen molar-refractivity contribution in [1.82, 2.24) is 0 Å². The van der Waals surface area contributed by atoms with E-state index in [1.165, 1.54) is 12.1 Å². The van der Waals surface area contributed by atoms with Gasteiger partial charge >= 0.3 is 0 Å². The van der Waals surface area contributed by atoms with Gasteiger partial charge in [0.2, 0.25) is 0 Å². The van der Waals surface area contributed by atoms with E-state index in [9.17, 15) is 8.78 Å². The summed E-state index contributed by atoms with van der Waals surface area (Å²) in [7, 11) is 0. The fourth-order valence-electron chi connectivity index (χ4n) is 1.66. The molecule has 0 saturated heterocycles. The van der Waals surface area contributed by atoms with Crippen LogP contribution in [0, 0.1) is 18.6 Å². The first-order valence-corrected chi connectivity index (χ1v) is 5.96. The van der Waals surface area contributed by atoms with Crippen molar-refractivity contribution in [3.05, 3.63) is 64.7 Å². The summed E-state index contributed by atoms with van der Waals surface area (Å²) < 4.78 is 32.4. The molecule has 0 heterocycles. The minimum atomic E-state index is -0.365. The second kappa shape index (κ2) is 5.80. The number of halogens is 2. The van der Waals surface area contributed by atoms with Crippen LogP contribution in [0.3, 0.4) is 0 Å². The largest absolute Gasteiger partial charge is 0.489 e. The van der Waals surface area contributed by atoms with Gasteiger partial charge in [0, 0.05) is 18.2 Å². The van der Waals surface area contributed by atoms with Gasteiger partial charge in [0.15, 0.2) is 0 Å². The van der Waals surface area contributed by atoms with Crippen LogP contribution in [-0.2, 0) is 13.2 Å². The third-order valence-electron chi connectivity index (χ3n) is 2.89. The number of nitrogens with two attached hydrogens (primary N) is 1. The maximum Gasteiger partial charge on any atom is 0.130 e. The highest BCUT2D eigenvalue weighted by Gasteiger charge is 2.05. The molecule has 0 aliphatic carbocycles. The van der Waals surface area contributed by atoms with E-state index >= 15 is 0 Å². The first-order chi connectivity index (χ1) is 9.10. The molecule has 0 aliphatic rings. The molecule has 0 spiro atoms. The lowest BCUT2D eigenvalue weighted by Gasteiger charge is -2.09. The summed E-state index contributed by atoms with van der Waals surface area (Å²) in [5.74, 6) is -0.322. The van der Waals surface area contributed by atoms with E-state index < -0.39 is 0 Å². The lowest BCUT2D eigenvalue weighted by molar-refractivity contribution is 0.298. The van der Waals surface area contributed by atoms with Crippen molar-refractivity contribution in [3.63, 3.8) is 0 Å². The summed E-state index contributed by atoms with van der Waals surface area (Å²) in [5.41, 5.74) is 7.11. The molecule has 0 aliphatic heterocycles. The van der Waals surface area contributed by atoms with Crippen molar-refractivity contribution in [2.45, 2.75) is 20.1 Å². The SMILES string of the molecule is Cc1ccc(OCc2ccc(CN)cc2F)cc1F. The monoisotopic (exact) mass is 263 g/mol. The summed E-state index contributed by atoms with van der Waals surface area (Å²) in [6, 6.07) is 9.33. The highest BCUT2D eigenvalue weighted by molar-refractivity contribution is 5.29. The van der Waals surface area contributed by atoms with Crippen LogP contribution in [0.4, 0.5) is 8.78 Å². The summed E-state index contributed by atoms with van der Waals surface area (Å²) in [4.78, 5) is 0. The van der Waals surface area contributed by atoms with Gasteiger partial charge in [-0.2, -0.15) is 0 Å². The molecule has 19 heavy (non-hydrogen) atoms. The van der Waals surface area contributed by atoms with Gasteiger partial charge in [-0.05, 0) is 30.2 Å². The van der Waals surface area contributed by atoms with Gasteiger partial charge in [-0.25, -0.2) is 8.78 Å². The molecule has 2 aromatic carbocycles. The van der Waals surface area contributed by atoms with Crippen molar-refractivity contribution < 1.29 is 13.5 Å². The Morgan fingerprint density at radius 1 is 1.05 bits per heavy atom. The lowest BCUT2D eigenvalue weighted by Crippen LogP contribution is -2.02. The topological polar surface area (TPSA) is 35.2 Å². The van der Waals surface area contributed by atoms with Gasteiger partial charge in [-0.15, -0.1) is 0 Å². The molecule has 0 amide bonds. The number of benzene rings is 2. The van der Waals surface area contributed by atoms with Gasteiger partial charge in [0.25, 0.3) is 0 Å². The second-order valence-corrected chi connectivity index (χ2v) is 4.33. The molecule has 0 fully saturated rings. The van der Waals surface area contributed by atoms with Gasteiger partial charge in [0.05, 0.1) is 0 Å². The van der Waals surface area contributed by atoms with E-state index in [1.54, 1.807) is 31.2 Å². The first kappa shape index (κ1) is 13.5. The Morgan fingerprint density at radius 3 is 2.47 bits per heavy atom. The Balaban J connectivity index is 2.07. The van der Waals surface area contributed by atoms with Crippen LogP contribution in [0.25, 0.3) is 0 Å². The first-order valence-electron chi connectivity index (χ1n) is 5.96. The van der Waals surface area contributed by atoms with Crippen LogP contribution in [0.1, 0.15) is 16.7 Å². The molecule has 2 nitrogen and oxygen atoms in total. The molecular weight excluding hydrogens is 248 g/mol. The molecule has 0 unspecified atom stereocenters. The maximum atomic E-state index is 13.7. The molecule has 100 valence electrons. The highest BCUT2D eigenvalue weighted by atomic mass is 19.1. The summed E-state index contributed by atoms with van der Waals surface area (Å²) in [5, 5.41) is 0. The number of hydrogen-bond acceptors (Lipinski definition) is 2. The van der Waals surface area contributed by atoms with Crippen molar-refractivity contribution in [2.75, 3.05) is 0 Å². The number of rotatable bonds is 4. The van der Waals surface area contributed by atoms with Gasteiger partial charge in [-0.1, -0.05) is 18.2 Å². The summed E-state index contributed by atoms with van der Waals surface area (Å²) in [6.07, 6.45) is 0. The van der Waals surface area contributed by atoms with E-state index in [0.717, 1.165) is 5.56 Å². The Labute approximate surface area is 110 Å². The van der Waals surface area contributed by atoms with Crippen molar-refractivity contribution >= 4 is 0 Å². The number of ether oxygens (including phenoxy) is 1. The molecule has 0 saturated carbocycles. The zero-order chi connectivity index (χ0) is 13.8. The second-order valence-electron chi connectivity index (χ2n) is 4.33. The van der Waals surface area contributed by atoms with Crippen LogP contribution < -0.4 is 10.5 Å². The van der Waals surface area contributed by atoms with Gasteiger partial charge in [-0.3, -0.25) is 0 Å². The summed E-state index contributed by atoms with van der Waals surface area (Å²) in [6.45, 7) is 2.02. The van der Waals surface area contributed by atoms with E-state index in [1.807, 2.05) is 0 Å².